The minimum atomic E-state index is -0.556. The van der Waals surface area contributed by atoms with Gasteiger partial charge in [-0.25, -0.2) is 4.79 Å². The average Bonchev–Trinajstić information content (AvgIpc) is 3.06. The van der Waals surface area contributed by atoms with Crippen LogP contribution in [-0.2, 0) is 9.53 Å². The molecule has 0 aromatic heterocycles. The molecular weight excluding hydrogens is 390 g/mol. The number of esters is 1. The highest BCUT2D eigenvalue weighted by molar-refractivity contribution is 8.00. The van der Waals surface area contributed by atoms with E-state index in [-0.39, 0.29) is 12.5 Å². The molecule has 0 fully saturated rings. The molecule has 0 saturated carbocycles. The Bertz CT molecular complexity index is 916. The number of para-hydroxylation sites is 1. The van der Waals surface area contributed by atoms with E-state index in [1.807, 2.05) is 24.3 Å². The Morgan fingerprint density at radius 1 is 1.14 bits per heavy atom. The van der Waals surface area contributed by atoms with Crippen LogP contribution in [0.25, 0.3) is 0 Å². The van der Waals surface area contributed by atoms with E-state index in [9.17, 15) is 9.59 Å². The standard InChI is InChI=1S/C22H23NO5S/c1-15-9-10-23(17-5-2-3-6-20(17)29-15)21(24)14-28-22(25)16-7-8-18-19(13-16)27-12-4-11-26-18/h2-3,5-8,13,15H,4,9-12,14H2,1H3/t15-/m0/s1. The molecule has 7 heteroatoms. The molecule has 2 heterocycles. The lowest BCUT2D eigenvalue weighted by molar-refractivity contribution is -0.121. The minimum Gasteiger partial charge on any atom is -0.490 e. The molecular formula is C22H23NO5S. The molecule has 0 N–H and O–H groups in total. The Morgan fingerprint density at radius 3 is 2.79 bits per heavy atom. The molecule has 2 aromatic carbocycles. The van der Waals surface area contributed by atoms with Gasteiger partial charge < -0.3 is 19.1 Å². The molecule has 1 atom stereocenters. The zero-order valence-corrected chi connectivity index (χ0v) is 17.1. The van der Waals surface area contributed by atoms with Gasteiger partial charge in [0.2, 0.25) is 0 Å². The molecule has 2 aliphatic heterocycles. The molecule has 0 radical (unpaired) electrons. The van der Waals surface area contributed by atoms with Gasteiger partial charge in [-0.3, -0.25) is 4.79 Å². The van der Waals surface area contributed by atoms with Crippen molar-refractivity contribution in [3.63, 3.8) is 0 Å². The largest absolute Gasteiger partial charge is 0.490 e. The van der Waals surface area contributed by atoms with Gasteiger partial charge in [-0.15, -0.1) is 11.8 Å². The van der Waals surface area contributed by atoms with Gasteiger partial charge >= 0.3 is 5.97 Å². The predicted molar refractivity (Wildman–Crippen MR) is 111 cm³/mol. The fourth-order valence-corrected chi connectivity index (χ4v) is 4.44. The van der Waals surface area contributed by atoms with Crippen LogP contribution < -0.4 is 14.4 Å². The summed E-state index contributed by atoms with van der Waals surface area (Å²) in [5, 5.41) is 0.415. The van der Waals surface area contributed by atoms with Gasteiger partial charge in [0.15, 0.2) is 18.1 Å². The second kappa shape index (κ2) is 8.78. The lowest BCUT2D eigenvalue weighted by atomic mass is 10.2. The number of hydrogen-bond acceptors (Lipinski definition) is 6. The highest BCUT2D eigenvalue weighted by Crippen LogP contribution is 2.37. The number of thioether (sulfide) groups is 1. The van der Waals surface area contributed by atoms with Crippen molar-refractivity contribution in [3.8, 4) is 11.5 Å². The Balaban J connectivity index is 1.43. The Morgan fingerprint density at radius 2 is 1.93 bits per heavy atom. The third-order valence-electron chi connectivity index (χ3n) is 4.85. The fourth-order valence-electron chi connectivity index (χ4n) is 3.32. The SMILES string of the molecule is C[C@H]1CCN(C(=O)COC(=O)c2ccc3c(c2)OCCCO3)c2ccccc2S1. The van der Waals surface area contributed by atoms with E-state index in [4.69, 9.17) is 14.2 Å². The van der Waals surface area contributed by atoms with Crippen LogP contribution in [0.2, 0.25) is 0 Å². The van der Waals surface area contributed by atoms with E-state index in [0.29, 0.717) is 42.1 Å². The van der Waals surface area contributed by atoms with E-state index in [0.717, 1.165) is 23.4 Å². The van der Waals surface area contributed by atoms with E-state index < -0.39 is 5.97 Å². The van der Waals surface area contributed by atoms with Crippen molar-refractivity contribution in [2.45, 2.75) is 29.9 Å². The molecule has 0 aliphatic carbocycles. The maximum atomic E-state index is 12.8. The smallest absolute Gasteiger partial charge is 0.338 e. The van der Waals surface area contributed by atoms with E-state index in [1.54, 1.807) is 34.9 Å². The van der Waals surface area contributed by atoms with E-state index in [2.05, 4.69) is 6.92 Å². The second-order valence-corrected chi connectivity index (χ2v) is 8.50. The number of anilines is 1. The monoisotopic (exact) mass is 413 g/mol. The van der Waals surface area contributed by atoms with Crippen molar-refractivity contribution >= 4 is 29.3 Å². The van der Waals surface area contributed by atoms with Crippen molar-refractivity contribution in [2.24, 2.45) is 0 Å². The number of nitrogens with zero attached hydrogens (tertiary/aromatic N) is 1. The zero-order chi connectivity index (χ0) is 20.2. The van der Waals surface area contributed by atoms with Gasteiger partial charge in [-0.05, 0) is 36.8 Å². The summed E-state index contributed by atoms with van der Waals surface area (Å²) in [5.41, 5.74) is 1.21. The number of carbonyl (C=O) groups is 2. The minimum absolute atomic E-state index is 0.227. The topological polar surface area (TPSA) is 65.1 Å². The molecule has 0 unspecified atom stereocenters. The van der Waals surface area contributed by atoms with Crippen molar-refractivity contribution in [2.75, 3.05) is 31.3 Å². The zero-order valence-electron chi connectivity index (χ0n) is 16.3. The summed E-state index contributed by atoms with van der Waals surface area (Å²) < 4.78 is 16.5. The number of benzene rings is 2. The first kappa shape index (κ1) is 19.6. The van der Waals surface area contributed by atoms with E-state index in [1.165, 1.54) is 0 Å². The summed E-state index contributed by atoms with van der Waals surface area (Å²) in [6.45, 7) is 3.57. The fraction of sp³-hybridized carbons (Fsp3) is 0.364. The highest BCUT2D eigenvalue weighted by Gasteiger charge is 2.25. The molecule has 2 aliphatic rings. The first-order valence-electron chi connectivity index (χ1n) is 9.74. The van der Waals surface area contributed by atoms with Crippen molar-refractivity contribution in [3.05, 3.63) is 48.0 Å². The van der Waals surface area contributed by atoms with Crippen LogP contribution in [0.4, 0.5) is 5.69 Å². The predicted octanol–water partition coefficient (Wildman–Crippen LogP) is 3.92. The van der Waals surface area contributed by atoms with Crippen LogP contribution in [0.3, 0.4) is 0 Å². The van der Waals surface area contributed by atoms with E-state index >= 15 is 0 Å². The third-order valence-corrected chi connectivity index (χ3v) is 6.09. The molecule has 6 nitrogen and oxygen atoms in total. The molecule has 0 bridgehead atoms. The van der Waals surface area contributed by atoms with Crippen LogP contribution in [0, 0.1) is 0 Å². The average molecular weight is 413 g/mol. The van der Waals surface area contributed by atoms with Gasteiger partial charge in [0, 0.05) is 23.1 Å². The summed E-state index contributed by atoms with van der Waals surface area (Å²) >= 11 is 1.76. The van der Waals surface area contributed by atoms with Gasteiger partial charge in [-0.2, -0.15) is 0 Å². The molecule has 2 aromatic rings. The number of fused-ring (bicyclic) bond motifs is 2. The maximum absolute atomic E-state index is 12.8. The van der Waals surface area contributed by atoms with Crippen molar-refractivity contribution in [1.29, 1.82) is 0 Å². The second-order valence-electron chi connectivity index (χ2n) is 7.02. The molecule has 1 amide bonds. The number of ether oxygens (including phenoxy) is 3. The normalized spacial score (nSPS) is 18.2. The lowest BCUT2D eigenvalue weighted by Crippen LogP contribution is -2.35. The van der Waals surface area contributed by atoms with Gasteiger partial charge in [-0.1, -0.05) is 19.1 Å². The molecule has 0 spiro atoms. The number of amides is 1. The Kier molecular flexibility index (Phi) is 5.94. The third kappa shape index (κ3) is 4.50. The summed E-state index contributed by atoms with van der Waals surface area (Å²) in [7, 11) is 0. The molecule has 0 saturated heterocycles. The van der Waals surface area contributed by atoms with Crippen LogP contribution in [0.15, 0.2) is 47.4 Å². The summed E-state index contributed by atoms with van der Waals surface area (Å²) in [4.78, 5) is 28.1. The van der Waals surface area contributed by atoms with Crippen LogP contribution in [0.5, 0.6) is 11.5 Å². The van der Waals surface area contributed by atoms with Gasteiger partial charge in [0.25, 0.3) is 5.91 Å². The van der Waals surface area contributed by atoms with Gasteiger partial charge in [0.1, 0.15) is 0 Å². The van der Waals surface area contributed by atoms with Crippen LogP contribution in [-0.4, -0.2) is 43.5 Å². The summed E-state index contributed by atoms with van der Waals surface area (Å²) in [6, 6.07) is 12.8. The summed E-state index contributed by atoms with van der Waals surface area (Å²) in [5.74, 6) is 0.355. The molecule has 4 rings (SSSR count). The number of carbonyl (C=O) groups excluding carboxylic acids is 2. The first-order valence-corrected chi connectivity index (χ1v) is 10.6. The number of hydrogen-bond donors (Lipinski definition) is 0. The molecule has 152 valence electrons. The molecule has 29 heavy (non-hydrogen) atoms. The van der Waals surface area contributed by atoms with Gasteiger partial charge in [0.05, 0.1) is 24.5 Å². The Labute approximate surface area is 174 Å². The highest BCUT2D eigenvalue weighted by atomic mass is 32.2. The Hall–Kier alpha value is -2.67. The van der Waals surface area contributed by atoms with Crippen molar-refractivity contribution in [1.82, 2.24) is 0 Å². The van der Waals surface area contributed by atoms with Crippen LogP contribution in [0.1, 0.15) is 30.1 Å². The first-order chi connectivity index (χ1) is 14.1. The van der Waals surface area contributed by atoms with Crippen molar-refractivity contribution < 1.29 is 23.8 Å². The maximum Gasteiger partial charge on any atom is 0.338 e. The lowest BCUT2D eigenvalue weighted by Gasteiger charge is -2.22. The quantitative estimate of drug-likeness (QED) is 0.711. The summed E-state index contributed by atoms with van der Waals surface area (Å²) in [6.07, 6.45) is 1.67. The van der Waals surface area contributed by atoms with Crippen LogP contribution >= 0.6 is 11.8 Å². The number of rotatable bonds is 3.